The smallest absolute Gasteiger partial charge is 0.338 e. The van der Waals surface area contributed by atoms with Crippen LogP contribution in [-0.4, -0.2) is 48.3 Å². The molecule has 3 unspecified atom stereocenters. The van der Waals surface area contributed by atoms with Crippen LogP contribution in [-0.2, 0) is 9.53 Å². The maximum atomic E-state index is 13.4. The first-order chi connectivity index (χ1) is 15.2. The second kappa shape index (κ2) is 8.26. The van der Waals surface area contributed by atoms with E-state index in [4.69, 9.17) is 33.3 Å². The zero-order valence-corrected chi connectivity index (χ0v) is 19.8. The minimum absolute atomic E-state index is 0.105. The maximum Gasteiger partial charge on any atom is 0.338 e. The number of ether oxygens (including phenoxy) is 2. The summed E-state index contributed by atoms with van der Waals surface area (Å²) in [6, 6.07) is 11.8. The summed E-state index contributed by atoms with van der Waals surface area (Å²) < 4.78 is 11.6. The fourth-order valence-corrected chi connectivity index (χ4v) is 4.95. The molecule has 2 bridgehead atoms. The molecule has 2 aliphatic heterocycles. The molecule has 1 saturated heterocycles. The summed E-state index contributed by atoms with van der Waals surface area (Å²) >= 11 is 12.0. The number of esters is 1. The molecule has 32 heavy (non-hydrogen) atoms. The molecule has 2 aliphatic rings. The predicted molar refractivity (Wildman–Crippen MR) is 126 cm³/mol. The molecule has 1 N–H and O–H groups in total. The SMILES string of the molecule is CCOC(=O)c1ccc(N2C(=S)NC3c4cc(Cl)ccc4OC2(C)C3C(=O)N(C)C)cc1. The number of halogens is 1. The molecule has 168 valence electrons. The highest BCUT2D eigenvalue weighted by atomic mass is 35.5. The third kappa shape index (κ3) is 3.57. The van der Waals surface area contributed by atoms with Crippen LogP contribution in [0.15, 0.2) is 42.5 Å². The van der Waals surface area contributed by atoms with Crippen molar-refractivity contribution in [3.8, 4) is 5.75 Å². The predicted octanol–water partition coefficient (Wildman–Crippen LogP) is 3.77. The van der Waals surface area contributed by atoms with Crippen molar-refractivity contribution in [2.45, 2.75) is 25.6 Å². The molecule has 1 amide bonds. The number of nitrogens with one attached hydrogen (secondary N) is 1. The Morgan fingerprint density at radius 1 is 1.25 bits per heavy atom. The molecule has 7 nitrogen and oxygen atoms in total. The first-order valence-corrected chi connectivity index (χ1v) is 11.0. The van der Waals surface area contributed by atoms with Crippen LogP contribution in [0.25, 0.3) is 0 Å². The van der Waals surface area contributed by atoms with Gasteiger partial charge in [-0.25, -0.2) is 4.79 Å². The van der Waals surface area contributed by atoms with E-state index >= 15 is 0 Å². The van der Waals surface area contributed by atoms with Crippen LogP contribution >= 0.6 is 23.8 Å². The molecular weight excluding hydrogens is 450 g/mol. The molecule has 4 rings (SSSR count). The molecule has 2 aromatic carbocycles. The van der Waals surface area contributed by atoms with Gasteiger partial charge < -0.3 is 19.7 Å². The summed E-state index contributed by atoms with van der Waals surface area (Å²) in [6.07, 6.45) is 0. The Morgan fingerprint density at radius 2 is 1.94 bits per heavy atom. The molecule has 3 atom stereocenters. The van der Waals surface area contributed by atoms with Crippen molar-refractivity contribution in [3.05, 3.63) is 58.6 Å². The van der Waals surface area contributed by atoms with Crippen molar-refractivity contribution in [2.75, 3.05) is 25.6 Å². The summed E-state index contributed by atoms with van der Waals surface area (Å²) in [5, 5.41) is 4.29. The number of thiocarbonyl (C=S) groups is 1. The first-order valence-electron chi connectivity index (χ1n) is 10.2. The zero-order chi connectivity index (χ0) is 23.2. The van der Waals surface area contributed by atoms with Gasteiger partial charge in [0.25, 0.3) is 0 Å². The third-order valence-electron chi connectivity index (χ3n) is 5.80. The van der Waals surface area contributed by atoms with Crippen molar-refractivity contribution in [2.24, 2.45) is 5.92 Å². The second-order valence-electron chi connectivity index (χ2n) is 8.08. The molecule has 0 aromatic heterocycles. The van der Waals surface area contributed by atoms with Gasteiger partial charge in [-0.05, 0) is 68.5 Å². The van der Waals surface area contributed by atoms with Gasteiger partial charge in [0, 0.05) is 30.4 Å². The average Bonchev–Trinajstić information content (AvgIpc) is 2.74. The first kappa shape index (κ1) is 22.4. The zero-order valence-electron chi connectivity index (χ0n) is 18.2. The molecule has 0 aliphatic carbocycles. The molecule has 0 saturated carbocycles. The minimum Gasteiger partial charge on any atom is -0.467 e. The number of carbonyl (C=O) groups is 2. The van der Waals surface area contributed by atoms with Crippen LogP contribution in [0, 0.1) is 5.92 Å². The van der Waals surface area contributed by atoms with Gasteiger partial charge in [-0.15, -0.1) is 0 Å². The number of hydrogen-bond acceptors (Lipinski definition) is 5. The Balaban J connectivity index is 1.81. The number of nitrogens with zero attached hydrogens (tertiary/aromatic N) is 2. The topological polar surface area (TPSA) is 71.1 Å². The van der Waals surface area contributed by atoms with E-state index in [1.807, 2.05) is 6.92 Å². The number of carbonyl (C=O) groups excluding carboxylic acids is 2. The lowest BCUT2D eigenvalue weighted by Gasteiger charge is -2.56. The van der Waals surface area contributed by atoms with Gasteiger partial charge in [-0.3, -0.25) is 9.69 Å². The van der Waals surface area contributed by atoms with E-state index in [0.717, 1.165) is 5.56 Å². The Hall–Kier alpha value is -2.84. The number of amides is 1. The standard InChI is InChI=1S/C23H24ClN3O4S/c1-5-30-21(29)13-6-9-15(10-7-13)27-22(32)25-19-16-12-14(24)8-11-17(16)31-23(27,2)18(19)20(28)26(3)4/h6-12,18-19H,5H2,1-4H3,(H,25,32). The molecule has 9 heteroatoms. The molecule has 2 aromatic rings. The van der Waals surface area contributed by atoms with Crippen LogP contribution in [0.3, 0.4) is 0 Å². The number of fused-ring (bicyclic) bond motifs is 4. The summed E-state index contributed by atoms with van der Waals surface area (Å²) in [5.41, 5.74) is 0.793. The highest BCUT2D eigenvalue weighted by molar-refractivity contribution is 7.80. The fraction of sp³-hybridized carbons (Fsp3) is 0.348. The van der Waals surface area contributed by atoms with Gasteiger partial charge in [0.2, 0.25) is 5.91 Å². The summed E-state index contributed by atoms with van der Waals surface area (Å²) in [6.45, 7) is 3.91. The van der Waals surface area contributed by atoms with E-state index < -0.39 is 23.7 Å². The van der Waals surface area contributed by atoms with E-state index in [-0.39, 0.29) is 5.91 Å². The number of rotatable bonds is 4. The summed E-state index contributed by atoms with van der Waals surface area (Å²) in [7, 11) is 3.43. The lowest BCUT2D eigenvalue weighted by atomic mass is 9.78. The highest BCUT2D eigenvalue weighted by Gasteiger charge is 2.59. The lowest BCUT2D eigenvalue weighted by molar-refractivity contribution is -0.144. The molecular formula is C23H24ClN3O4S. The molecule has 1 fully saturated rings. The number of hydrogen-bond donors (Lipinski definition) is 1. The second-order valence-corrected chi connectivity index (χ2v) is 8.90. The summed E-state index contributed by atoms with van der Waals surface area (Å²) in [5.74, 6) is -0.482. The lowest BCUT2D eigenvalue weighted by Crippen LogP contribution is -2.72. The van der Waals surface area contributed by atoms with Crippen LogP contribution in [0.5, 0.6) is 5.75 Å². The van der Waals surface area contributed by atoms with Gasteiger partial charge in [0.1, 0.15) is 11.7 Å². The van der Waals surface area contributed by atoms with Crippen LogP contribution in [0.2, 0.25) is 5.02 Å². The Kier molecular flexibility index (Phi) is 5.77. The van der Waals surface area contributed by atoms with Crippen molar-refractivity contribution < 1.29 is 19.1 Å². The monoisotopic (exact) mass is 473 g/mol. The van der Waals surface area contributed by atoms with E-state index in [2.05, 4.69) is 5.32 Å². The fourth-order valence-electron chi connectivity index (χ4n) is 4.36. The molecule has 2 heterocycles. The average molecular weight is 474 g/mol. The van der Waals surface area contributed by atoms with Gasteiger partial charge in [-0.2, -0.15) is 0 Å². The Morgan fingerprint density at radius 3 is 2.56 bits per heavy atom. The van der Waals surface area contributed by atoms with Gasteiger partial charge in [0.15, 0.2) is 10.8 Å². The Labute approximate surface area is 197 Å². The van der Waals surface area contributed by atoms with E-state index in [1.165, 1.54) is 0 Å². The third-order valence-corrected chi connectivity index (χ3v) is 6.34. The van der Waals surface area contributed by atoms with Crippen LogP contribution in [0.4, 0.5) is 5.69 Å². The van der Waals surface area contributed by atoms with Gasteiger partial charge >= 0.3 is 5.97 Å². The van der Waals surface area contributed by atoms with Crippen LogP contribution < -0.4 is 15.0 Å². The normalized spacial score (nSPS) is 23.5. The van der Waals surface area contributed by atoms with Crippen molar-refractivity contribution >= 4 is 46.5 Å². The van der Waals surface area contributed by atoms with E-state index in [0.29, 0.717) is 33.7 Å². The number of benzene rings is 2. The van der Waals surface area contributed by atoms with E-state index in [1.54, 1.807) is 73.3 Å². The largest absolute Gasteiger partial charge is 0.467 e. The maximum absolute atomic E-state index is 13.4. The van der Waals surface area contributed by atoms with Crippen molar-refractivity contribution in [1.82, 2.24) is 10.2 Å². The highest BCUT2D eigenvalue weighted by Crippen LogP contribution is 2.50. The number of anilines is 1. The van der Waals surface area contributed by atoms with Gasteiger partial charge in [-0.1, -0.05) is 11.6 Å². The molecule has 0 spiro atoms. The Bertz CT molecular complexity index is 1090. The quantitative estimate of drug-likeness (QED) is 0.535. The minimum atomic E-state index is -1.11. The van der Waals surface area contributed by atoms with Crippen molar-refractivity contribution in [1.29, 1.82) is 0 Å². The summed E-state index contributed by atoms with van der Waals surface area (Å²) in [4.78, 5) is 28.7. The van der Waals surface area contributed by atoms with Crippen molar-refractivity contribution in [3.63, 3.8) is 0 Å². The van der Waals surface area contributed by atoms with Crippen LogP contribution in [0.1, 0.15) is 35.8 Å². The molecule has 0 radical (unpaired) electrons. The van der Waals surface area contributed by atoms with E-state index in [9.17, 15) is 9.59 Å². The van der Waals surface area contributed by atoms with Gasteiger partial charge in [0.05, 0.1) is 18.2 Å².